The quantitative estimate of drug-likeness (QED) is 0.804. The Morgan fingerprint density at radius 2 is 2.30 bits per heavy atom. The molecule has 144 valence electrons. The van der Waals surface area contributed by atoms with Crippen molar-refractivity contribution in [3.05, 3.63) is 23.1 Å². The highest BCUT2D eigenvalue weighted by Gasteiger charge is 2.62. The Balaban J connectivity index is 1.25. The van der Waals surface area contributed by atoms with Crippen LogP contribution in [-0.4, -0.2) is 61.0 Å². The van der Waals surface area contributed by atoms with E-state index in [9.17, 15) is 4.79 Å². The maximum atomic E-state index is 12.4. The van der Waals surface area contributed by atoms with Gasteiger partial charge in [0.15, 0.2) is 11.5 Å². The monoisotopic (exact) mass is 390 g/mol. The first-order chi connectivity index (χ1) is 13.0. The number of carbonyl (C=O) groups excluding carboxylic acids is 1. The number of ether oxygens (including phenoxy) is 1. The molecule has 10 heteroatoms. The summed E-state index contributed by atoms with van der Waals surface area (Å²) in [5, 5.41) is 7.07. The van der Waals surface area contributed by atoms with Gasteiger partial charge in [0, 0.05) is 38.4 Å². The molecule has 1 N–H and O–H groups in total. The molecule has 0 radical (unpaired) electrons. The lowest BCUT2D eigenvalue weighted by Crippen LogP contribution is -2.42. The van der Waals surface area contributed by atoms with E-state index in [2.05, 4.69) is 29.1 Å². The smallest absolute Gasteiger partial charge is 0.272 e. The van der Waals surface area contributed by atoms with E-state index in [-0.39, 0.29) is 17.6 Å². The molecule has 3 aliphatic rings. The minimum absolute atomic E-state index is 0.0864. The summed E-state index contributed by atoms with van der Waals surface area (Å²) in [4.78, 5) is 19.1. The molecule has 3 aliphatic heterocycles. The second-order valence-corrected chi connectivity index (χ2v) is 8.37. The van der Waals surface area contributed by atoms with Crippen molar-refractivity contribution < 1.29 is 14.1 Å². The van der Waals surface area contributed by atoms with E-state index in [1.807, 2.05) is 6.92 Å². The molecule has 0 aliphatic carbocycles. The number of aromatic nitrogens is 4. The van der Waals surface area contributed by atoms with Gasteiger partial charge in [-0.2, -0.15) is 13.7 Å². The van der Waals surface area contributed by atoms with Gasteiger partial charge in [-0.05, 0) is 19.8 Å². The van der Waals surface area contributed by atoms with Gasteiger partial charge < -0.3 is 14.6 Å². The number of hydrogen-bond donors (Lipinski definition) is 1. The van der Waals surface area contributed by atoms with Crippen molar-refractivity contribution >= 4 is 17.6 Å². The summed E-state index contributed by atoms with van der Waals surface area (Å²) in [6.07, 6.45) is 2.38. The largest absolute Gasteiger partial charge is 0.370 e. The maximum absolute atomic E-state index is 12.4. The molecule has 0 aromatic carbocycles. The molecule has 0 saturated carbocycles. The van der Waals surface area contributed by atoms with Crippen LogP contribution in [0.2, 0.25) is 0 Å². The Morgan fingerprint density at radius 1 is 1.41 bits per heavy atom. The van der Waals surface area contributed by atoms with Crippen LogP contribution < -0.4 is 5.32 Å². The zero-order chi connectivity index (χ0) is 18.6. The number of nitrogens with one attached hydrogen (secondary N) is 1. The molecule has 4 atom stereocenters. The lowest BCUT2D eigenvalue weighted by molar-refractivity contribution is 0.00189. The lowest BCUT2D eigenvalue weighted by Gasteiger charge is -2.29. The second-order valence-electron chi connectivity index (χ2n) is 7.84. The van der Waals surface area contributed by atoms with Crippen LogP contribution in [-0.2, 0) is 11.3 Å². The van der Waals surface area contributed by atoms with Crippen LogP contribution in [0.3, 0.4) is 0 Å². The molecule has 1 spiro atoms. The number of amides is 1. The van der Waals surface area contributed by atoms with Crippen molar-refractivity contribution in [2.45, 2.75) is 44.9 Å². The molecule has 2 aromatic rings. The van der Waals surface area contributed by atoms with Crippen molar-refractivity contribution in [2.75, 3.05) is 19.6 Å². The zero-order valence-corrected chi connectivity index (χ0v) is 16.2. The van der Waals surface area contributed by atoms with Gasteiger partial charge in [0.1, 0.15) is 0 Å². The summed E-state index contributed by atoms with van der Waals surface area (Å²) >= 11 is 1.07. The normalized spacial score (nSPS) is 32.1. The first-order valence-electron chi connectivity index (χ1n) is 9.31. The third-order valence-corrected chi connectivity index (χ3v) is 6.77. The van der Waals surface area contributed by atoms with E-state index < -0.39 is 0 Å². The molecule has 0 unspecified atom stereocenters. The summed E-state index contributed by atoms with van der Waals surface area (Å²) in [6.45, 7) is 6.72. The van der Waals surface area contributed by atoms with E-state index in [0.717, 1.165) is 43.5 Å². The van der Waals surface area contributed by atoms with E-state index in [1.165, 1.54) is 0 Å². The van der Waals surface area contributed by atoms with E-state index in [4.69, 9.17) is 9.26 Å². The summed E-state index contributed by atoms with van der Waals surface area (Å²) in [7, 11) is 0. The first-order valence-corrected chi connectivity index (χ1v) is 10.0. The summed E-state index contributed by atoms with van der Waals surface area (Å²) in [5.41, 5.74) is 1.02. The van der Waals surface area contributed by atoms with E-state index >= 15 is 0 Å². The fraction of sp³-hybridized carbons (Fsp3) is 0.706. The summed E-state index contributed by atoms with van der Waals surface area (Å²) in [6, 6.07) is 0. The molecule has 5 heterocycles. The van der Waals surface area contributed by atoms with E-state index in [0.29, 0.717) is 42.2 Å². The van der Waals surface area contributed by atoms with Gasteiger partial charge in [0.25, 0.3) is 5.91 Å². The van der Waals surface area contributed by atoms with Crippen LogP contribution >= 0.6 is 11.7 Å². The molecule has 3 saturated heterocycles. The molecular weight excluding hydrogens is 368 g/mol. The minimum atomic E-state index is -0.143. The third kappa shape index (κ3) is 2.86. The number of hydrogen-bond acceptors (Lipinski definition) is 9. The molecule has 2 bridgehead atoms. The molecule has 5 rings (SSSR count). The van der Waals surface area contributed by atoms with Crippen molar-refractivity contribution in [1.82, 2.24) is 29.1 Å². The Kier molecular flexibility index (Phi) is 4.03. The summed E-state index contributed by atoms with van der Waals surface area (Å²) < 4.78 is 19.7. The fourth-order valence-electron chi connectivity index (χ4n) is 5.02. The fourth-order valence-corrected chi connectivity index (χ4v) is 5.56. The van der Waals surface area contributed by atoms with Gasteiger partial charge in [0.05, 0.1) is 35.7 Å². The SMILES string of the molecule is Cc1nc(CN2C[C@@H]3[C@H](CNC(=O)c4nsnc4C)[C@H]4CC[C@]3(C2)O4)no1. The number of fused-ring (bicyclic) bond motifs is 1. The average molecular weight is 390 g/mol. The van der Waals surface area contributed by atoms with Crippen molar-refractivity contribution in [1.29, 1.82) is 0 Å². The number of carbonyl (C=O) groups is 1. The van der Waals surface area contributed by atoms with Crippen LogP contribution in [0.1, 0.15) is 40.7 Å². The Morgan fingerprint density at radius 3 is 3.04 bits per heavy atom. The first kappa shape index (κ1) is 17.2. The van der Waals surface area contributed by atoms with Crippen LogP contribution in [0.15, 0.2) is 4.52 Å². The van der Waals surface area contributed by atoms with E-state index in [1.54, 1.807) is 6.92 Å². The highest BCUT2D eigenvalue weighted by atomic mass is 32.1. The van der Waals surface area contributed by atoms with Gasteiger partial charge in [-0.3, -0.25) is 9.69 Å². The van der Waals surface area contributed by atoms with Gasteiger partial charge in [-0.1, -0.05) is 5.16 Å². The van der Waals surface area contributed by atoms with Crippen LogP contribution in [0.25, 0.3) is 0 Å². The summed E-state index contributed by atoms with van der Waals surface area (Å²) in [5.74, 6) is 1.91. The molecule has 1 amide bonds. The third-order valence-electron chi connectivity index (χ3n) is 6.16. The predicted octanol–water partition coefficient (Wildman–Crippen LogP) is 0.947. The lowest BCUT2D eigenvalue weighted by atomic mass is 9.73. The molecule has 3 fully saturated rings. The molecule has 9 nitrogen and oxygen atoms in total. The average Bonchev–Trinajstić information content (AvgIpc) is 3.41. The van der Waals surface area contributed by atoms with Crippen LogP contribution in [0.5, 0.6) is 0 Å². The van der Waals surface area contributed by atoms with Crippen molar-refractivity contribution in [3.8, 4) is 0 Å². The molecule has 2 aromatic heterocycles. The topological polar surface area (TPSA) is 106 Å². The maximum Gasteiger partial charge on any atom is 0.272 e. The Bertz CT molecular complexity index is 868. The number of nitrogens with zero attached hydrogens (tertiary/aromatic N) is 5. The van der Waals surface area contributed by atoms with Gasteiger partial charge in [-0.25, -0.2) is 0 Å². The standard InChI is InChI=1S/C17H22N6O3S/c1-9-15(22-27-21-9)16(24)18-5-11-12-6-23(7-14-19-10(2)26-20-14)8-17(12)4-3-13(11)25-17/h11-13H,3-8H2,1-2H3,(H,18,24)/t11-,12+,13+,17+/m0/s1. The van der Waals surface area contributed by atoms with Gasteiger partial charge >= 0.3 is 0 Å². The van der Waals surface area contributed by atoms with Crippen molar-refractivity contribution in [2.24, 2.45) is 11.8 Å². The Hall–Kier alpha value is -1.91. The van der Waals surface area contributed by atoms with Gasteiger partial charge in [0.2, 0.25) is 5.89 Å². The minimum Gasteiger partial charge on any atom is -0.370 e. The van der Waals surface area contributed by atoms with Crippen molar-refractivity contribution in [3.63, 3.8) is 0 Å². The van der Waals surface area contributed by atoms with Crippen LogP contribution in [0, 0.1) is 25.7 Å². The Labute approximate surface area is 160 Å². The second kappa shape index (κ2) is 6.32. The molecule has 27 heavy (non-hydrogen) atoms. The number of aryl methyl sites for hydroxylation is 2. The number of rotatable bonds is 5. The highest BCUT2D eigenvalue weighted by molar-refractivity contribution is 6.99. The zero-order valence-electron chi connectivity index (χ0n) is 15.3. The number of likely N-dealkylation sites (tertiary alicyclic amines) is 1. The van der Waals surface area contributed by atoms with Gasteiger partial charge in [-0.15, -0.1) is 0 Å². The highest BCUT2D eigenvalue weighted by Crippen LogP contribution is 2.54. The van der Waals surface area contributed by atoms with Crippen LogP contribution in [0.4, 0.5) is 0 Å². The predicted molar refractivity (Wildman–Crippen MR) is 95.1 cm³/mol. The molecular formula is C17H22N6O3S.